The van der Waals surface area contributed by atoms with E-state index in [1.165, 1.54) is 24.4 Å². The zero-order chi connectivity index (χ0) is 27.3. The Balaban J connectivity index is 1.52. The number of hydrogen-bond donors (Lipinski definition) is 3. The van der Waals surface area contributed by atoms with Gasteiger partial charge in [-0.3, -0.25) is 0 Å². The number of hydrogen-bond acceptors (Lipinski definition) is 8. The SMILES string of the molecule is CC(Nc1nc(NC2(C(F)(F)F)CC2)c2nc(-c3ccc(F)nc3)ccc2n1)c1ccc(S(N)(=O)=O)cc1. The molecule has 1 aromatic carbocycles. The maximum Gasteiger partial charge on any atom is 0.411 e. The maximum absolute atomic E-state index is 13.8. The summed E-state index contributed by atoms with van der Waals surface area (Å²) in [6.45, 7) is 1.76. The molecule has 38 heavy (non-hydrogen) atoms. The number of aromatic nitrogens is 4. The van der Waals surface area contributed by atoms with Gasteiger partial charge in [0, 0.05) is 11.8 Å². The Labute approximate surface area is 214 Å². The molecule has 14 heteroatoms. The van der Waals surface area contributed by atoms with E-state index in [9.17, 15) is 26.0 Å². The maximum atomic E-state index is 13.8. The van der Waals surface area contributed by atoms with Crippen molar-refractivity contribution in [3.63, 3.8) is 0 Å². The van der Waals surface area contributed by atoms with Crippen LogP contribution in [0.2, 0.25) is 0 Å². The zero-order valence-electron chi connectivity index (χ0n) is 19.8. The van der Waals surface area contributed by atoms with Crippen molar-refractivity contribution in [2.75, 3.05) is 10.6 Å². The van der Waals surface area contributed by atoms with Crippen LogP contribution < -0.4 is 15.8 Å². The number of pyridine rings is 2. The summed E-state index contributed by atoms with van der Waals surface area (Å²) in [5.41, 5.74) is -0.235. The molecule has 0 amide bonds. The van der Waals surface area contributed by atoms with E-state index < -0.39 is 33.7 Å². The summed E-state index contributed by atoms with van der Waals surface area (Å²) in [7, 11) is -3.86. The first-order valence-electron chi connectivity index (χ1n) is 11.4. The van der Waals surface area contributed by atoms with E-state index in [0.29, 0.717) is 16.8 Å². The fourth-order valence-electron chi connectivity index (χ4n) is 3.91. The molecule has 0 radical (unpaired) electrons. The minimum atomic E-state index is -4.51. The Hall–Kier alpha value is -3.91. The van der Waals surface area contributed by atoms with E-state index >= 15 is 0 Å². The highest BCUT2D eigenvalue weighted by atomic mass is 32.2. The van der Waals surface area contributed by atoms with Crippen molar-refractivity contribution in [3.05, 3.63) is 66.2 Å². The second-order valence-electron chi connectivity index (χ2n) is 9.01. The van der Waals surface area contributed by atoms with Crippen molar-refractivity contribution >= 4 is 32.8 Å². The van der Waals surface area contributed by atoms with Gasteiger partial charge in [0.1, 0.15) is 11.1 Å². The number of alkyl halides is 3. The van der Waals surface area contributed by atoms with Crippen LogP contribution in [0.3, 0.4) is 0 Å². The number of anilines is 2. The highest BCUT2D eigenvalue weighted by Crippen LogP contribution is 2.51. The number of halogens is 4. The summed E-state index contributed by atoms with van der Waals surface area (Å²) in [5, 5.41) is 10.7. The van der Waals surface area contributed by atoms with Crippen molar-refractivity contribution in [2.24, 2.45) is 5.14 Å². The highest BCUT2D eigenvalue weighted by molar-refractivity contribution is 7.89. The lowest BCUT2D eigenvalue weighted by Crippen LogP contribution is -2.39. The molecule has 0 saturated heterocycles. The quantitative estimate of drug-likeness (QED) is 0.227. The molecule has 1 saturated carbocycles. The molecule has 198 valence electrons. The van der Waals surface area contributed by atoms with Crippen molar-refractivity contribution in [2.45, 2.75) is 42.4 Å². The number of benzene rings is 1. The Bertz CT molecular complexity index is 1610. The van der Waals surface area contributed by atoms with Gasteiger partial charge >= 0.3 is 6.18 Å². The van der Waals surface area contributed by atoms with E-state index in [4.69, 9.17) is 5.14 Å². The van der Waals surface area contributed by atoms with Crippen molar-refractivity contribution in [3.8, 4) is 11.3 Å². The number of sulfonamides is 1. The third-order valence-corrected chi connectivity index (χ3v) is 7.20. The third-order valence-electron chi connectivity index (χ3n) is 6.27. The van der Waals surface area contributed by atoms with Gasteiger partial charge in [-0.05, 0) is 61.7 Å². The van der Waals surface area contributed by atoms with Crippen molar-refractivity contribution in [1.82, 2.24) is 19.9 Å². The molecular weight excluding hydrogens is 526 g/mol. The van der Waals surface area contributed by atoms with Gasteiger partial charge in [-0.25, -0.2) is 28.5 Å². The Morgan fingerprint density at radius 1 is 1.00 bits per heavy atom. The summed E-state index contributed by atoms with van der Waals surface area (Å²) in [4.78, 5) is 16.8. The Morgan fingerprint density at radius 2 is 1.71 bits per heavy atom. The van der Waals surface area contributed by atoms with Crippen LogP contribution in [0.4, 0.5) is 29.3 Å². The van der Waals surface area contributed by atoms with Gasteiger partial charge in [-0.15, -0.1) is 0 Å². The lowest BCUT2D eigenvalue weighted by Gasteiger charge is -2.23. The van der Waals surface area contributed by atoms with Gasteiger partial charge < -0.3 is 10.6 Å². The van der Waals surface area contributed by atoms with Crippen LogP contribution in [0, 0.1) is 5.95 Å². The summed E-state index contributed by atoms with van der Waals surface area (Å²) in [6.07, 6.45) is -3.46. The van der Waals surface area contributed by atoms with Crippen LogP contribution >= 0.6 is 0 Å². The first-order valence-corrected chi connectivity index (χ1v) is 12.9. The predicted molar refractivity (Wildman–Crippen MR) is 132 cm³/mol. The molecular formula is C24H21F4N7O2S. The number of nitrogens with two attached hydrogens (primary N) is 1. The molecule has 3 heterocycles. The lowest BCUT2D eigenvalue weighted by atomic mass is 10.1. The molecule has 4 aromatic rings. The van der Waals surface area contributed by atoms with E-state index in [1.807, 2.05) is 0 Å². The first kappa shape index (κ1) is 25.7. The number of nitrogens with zero attached hydrogens (tertiary/aromatic N) is 4. The van der Waals surface area contributed by atoms with E-state index in [0.717, 1.165) is 6.07 Å². The van der Waals surface area contributed by atoms with Crippen molar-refractivity contribution in [1.29, 1.82) is 0 Å². The molecule has 9 nitrogen and oxygen atoms in total. The second-order valence-corrected chi connectivity index (χ2v) is 10.6. The standard InChI is InChI=1S/C24H21F4N7O2S/c1-13(14-2-5-16(6-3-14)38(29,36)37)31-22-33-18-8-7-17(15-4-9-19(25)30-12-15)32-20(18)21(34-22)35-23(10-11-23)24(26,27)28/h2-9,12-13H,10-11H2,1H3,(H2,29,36,37)(H2,31,33,34,35). The largest absolute Gasteiger partial charge is 0.411 e. The van der Waals surface area contributed by atoms with Crippen LogP contribution in [-0.4, -0.2) is 40.1 Å². The Kier molecular flexibility index (Phi) is 6.18. The molecule has 1 unspecified atom stereocenters. The number of fused-ring (bicyclic) bond motifs is 1. The minimum absolute atomic E-state index is 0.0407. The number of nitrogens with one attached hydrogen (secondary N) is 2. The van der Waals surface area contributed by atoms with Crippen LogP contribution in [0.15, 0.2) is 59.6 Å². The zero-order valence-corrected chi connectivity index (χ0v) is 20.6. The second kappa shape index (κ2) is 9.13. The van der Waals surface area contributed by atoms with E-state index in [1.54, 1.807) is 31.2 Å². The van der Waals surface area contributed by atoms with Gasteiger partial charge in [0.15, 0.2) is 5.82 Å². The molecule has 1 atom stereocenters. The topological polar surface area (TPSA) is 136 Å². The summed E-state index contributed by atoms with van der Waals surface area (Å²) in [5.74, 6) is -0.745. The van der Waals surface area contributed by atoms with Crippen LogP contribution in [0.1, 0.15) is 31.4 Å². The smallest absolute Gasteiger partial charge is 0.354 e. The molecule has 1 aliphatic rings. The van der Waals surface area contributed by atoms with Gasteiger partial charge in [0.25, 0.3) is 0 Å². The Morgan fingerprint density at radius 3 is 2.29 bits per heavy atom. The third kappa shape index (κ3) is 5.09. The molecule has 0 aliphatic heterocycles. The lowest BCUT2D eigenvalue weighted by molar-refractivity contribution is -0.151. The van der Waals surface area contributed by atoms with Gasteiger partial charge in [-0.1, -0.05) is 12.1 Å². The van der Waals surface area contributed by atoms with Crippen LogP contribution in [-0.2, 0) is 10.0 Å². The molecule has 0 spiro atoms. The molecule has 5 rings (SSSR count). The molecule has 1 fully saturated rings. The number of rotatable bonds is 7. The molecule has 1 aliphatic carbocycles. The molecule has 0 bridgehead atoms. The normalized spacial score (nSPS) is 15.7. The monoisotopic (exact) mass is 547 g/mol. The predicted octanol–water partition coefficient (Wildman–Crippen LogP) is 4.55. The van der Waals surface area contributed by atoms with E-state index in [2.05, 4.69) is 30.6 Å². The van der Waals surface area contributed by atoms with Crippen molar-refractivity contribution < 1.29 is 26.0 Å². The van der Waals surface area contributed by atoms with Gasteiger partial charge in [-0.2, -0.15) is 22.5 Å². The number of primary sulfonamides is 1. The molecule has 3 aromatic heterocycles. The van der Waals surface area contributed by atoms with Crippen LogP contribution in [0.5, 0.6) is 0 Å². The summed E-state index contributed by atoms with van der Waals surface area (Å²) < 4.78 is 77.6. The highest BCUT2D eigenvalue weighted by Gasteiger charge is 2.64. The minimum Gasteiger partial charge on any atom is -0.354 e. The average Bonchev–Trinajstić information content (AvgIpc) is 3.65. The summed E-state index contributed by atoms with van der Waals surface area (Å²) >= 11 is 0. The fourth-order valence-corrected chi connectivity index (χ4v) is 4.42. The van der Waals surface area contributed by atoms with Gasteiger partial charge in [0.05, 0.1) is 22.1 Å². The molecule has 4 N–H and O–H groups in total. The average molecular weight is 548 g/mol. The van der Waals surface area contributed by atoms with E-state index in [-0.39, 0.29) is 40.5 Å². The van der Waals surface area contributed by atoms with Gasteiger partial charge in [0.2, 0.25) is 21.9 Å². The summed E-state index contributed by atoms with van der Waals surface area (Å²) in [6, 6.07) is 11.2. The first-order chi connectivity index (χ1) is 17.8. The van der Waals surface area contributed by atoms with Crippen LogP contribution in [0.25, 0.3) is 22.3 Å². The fraction of sp³-hybridized carbons (Fsp3) is 0.250.